The zero-order chi connectivity index (χ0) is 20.5. The van der Waals surface area contributed by atoms with Crippen LogP contribution in [-0.4, -0.2) is 29.4 Å². The minimum atomic E-state index is -0.631. The third kappa shape index (κ3) is 3.86. The molecule has 1 aromatic heterocycles. The van der Waals surface area contributed by atoms with Crippen molar-refractivity contribution < 1.29 is 14.3 Å². The fourth-order valence-corrected chi connectivity index (χ4v) is 4.02. The van der Waals surface area contributed by atoms with E-state index in [9.17, 15) is 9.59 Å². The van der Waals surface area contributed by atoms with Crippen LogP contribution in [0.5, 0.6) is 5.75 Å². The highest BCUT2D eigenvalue weighted by Crippen LogP contribution is 2.33. The molecular weight excluding hydrogens is 386 g/mol. The third-order valence-electron chi connectivity index (χ3n) is 4.79. The van der Waals surface area contributed by atoms with Crippen molar-refractivity contribution in [2.75, 3.05) is 16.8 Å². The SMILES string of the molecule is Cc1ccc(C)c(-c2csc(NC(=O)CN3C(=O)C(C)Oc4ccccc43)n2)c1. The predicted octanol–water partition coefficient (Wildman–Crippen LogP) is 4.18. The molecule has 0 aliphatic carbocycles. The number of nitrogens with one attached hydrogen (secondary N) is 1. The molecule has 1 unspecified atom stereocenters. The molecule has 2 amide bonds. The van der Waals surface area contributed by atoms with E-state index in [-0.39, 0.29) is 18.4 Å². The lowest BCUT2D eigenvalue weighted by molar-refractivity contribution is -0.127. The van der Waals surface area contributed by atoms with E-state index in [0.717, 1.165) is 22.4 Å². The second-order valence-corrected chi connectivity index (χ2v) is 7.91. The van der Waals surface area contributed by atoms with Gasteiger partial charge in [0.15, 0.2) is 11.2 Å². The smallest absolute Gasteiger partial charge is 0.268 e. The first-order chi connectivity index (χ1) is 13.9. The minimum Gasteiger partial charge on any atom is -0.479 e. The largest absolute Gasteiger partial charge is 0.479 e. The molecule has 0 saturated heterocycles. The van der Waals surface area contributed by atoms with Crippen LogP contribution >= 0.6 is 11.3 Å². The number of aromatic nitrogens is 1. The Bertz CT molecular complexity index is 1090. The molecule has 148 valence electrons. The van der Waals surface area contributed by atoms with Crippen molar-refractivity contribution in [3.8, 4) is 17.0 Å². The predicted molar refractivity (Wildman–Crippen MR) is 115 cm³/mol. The Morgan fingerprint density at radius 1 is 1.24 bits per heavy atom. The number of thiazole rings is 1. The van der Waals surface area contributed by atoms with Gasteiger partial charge in [-0.2, -0.15) is 0 Å². The van der Waals surface area contributed by atoms with E-state index in [4.69, 9.17) is 4.74 Å². The number of ether oxygens (including phenoxy) is 1. The molecule has 6 nitrogen and oxygen atoms in total. The Kier molecular flexibility index (Phi) is 5.07. The Labute approximate surface area is 173 Å². The summed E-state index contributed by atoms with van der Waals surface area (Å²) in [6.45, 7) is 5.66. The van der Waals surface area contributed by atoms with Crippen molar-refractivity contribution in [1.29, 1.82) is 0 Å². The average molecular weight is 407 g/mol. The van der Waals surface area contributed by atoms with Crippen molar-refractivity contribution in [2.24, 2.45) is 0 Å². The number of aryl methyl sites for hydroxylation is 2. The Hall–Kier alpha value is -3.19. The second kappa shape index (κ2) is 7.67. The zero-order valence-electron chi connectivity index (χ0n) is 16.4. The van der Waals surface area contributed by atoms with Gasteiger partial charge in [0, 0.05) is 10.9 Å². The van der Waals surface area contributed by atoms with E-state index < -0.39 is 6.10 Å². The van der Waals surface area contributed by atoms with Gasteiger partial charge in [-0.1, -0.05) is 29.8 Å². The molecule has 2 aromatic carbocycles. The summed E-state index contributed by atoms with van der Waals surface area (Å²) in [6, 6.07) is 13.4. The molecule has 7 heteroatoms. The first-order valence-electron chi connectivity index (χ1n) is 9.32. The molecule has 0 saturated carbocycles. The number of benzene rings is 2. The number of carbonyl (C=O) groups is 2. The maximum Gasteiger partial charge on any atom is 0.268 e. The number of rotatable bonds is 4. The van der Waals surface area contributed by atoms with Crippen molar-refractivity contribution in [3.63, 3.8) is 0 Å². The molecule has 1 N–H and O–H groups in total. The first kappa shape index (κ1) is 19.1. The number of nitrogens with zero attached hydrogens (tertiary/aromatic N) is 2. The summed E-state index contributed by atoms with van der Waals surface area (Å²) in [7, 11) is 0. The summed E-state index contributed by atoms with van der Waals surface area (Å²) >= 11 is 1.37. The van der Waals surface area contributed by atoms with E-state index in [2.05, 4.69) is 28.5 Å². The van der Waals surface area contributed by atoms with Gasteiger partial charge < -0.3 is 10.1 Å². The molecule has 0 bridgehead atoms. The molecule has 29 heavy (non-hydrogen) atoms. The maximum atomic E-state index is 12.6. The van der Waals surface area contributed by atoms with Crippen LogP contribution in [0.2, 0.25) is 0 Å². The van der Waals surface area contributed by atoms with Crippen LogP contribution in [0.3, 0.4) is 0 Å². The number of hydrogen-bond donors (Lipinski definition) is 1. The third-order valence-corrected chi connectivity index (χ3v) is 5.55. The first-order valence-corrected chi connectivity index (χ1v) is 10.2. The minimum absolute atomic E-state index is 0.0953. The summed E-state index contributed by atoms with van der Waals surface area (Å²) in [5.41, 5.74) is 4.76. The normalized spacial score (nSPS) is 15.6. The molecule has 0 spiro atoms. The maximum absolute atomic E-state index is 12.6. The average Bonchev–Trinajstić information content (AvgIpc) is 3.15. The van der Waals surface area contributed by atoms with Gasteiger partial charge in [-0.25, -0.2) is 4.98 Å². The summed E-state index contributed by atoms with van der Waals surface area (Å²) in [6.07, 6.45) is -0.631. The van der Waals surface area contributed by atoms with Crippen molar-refractivity contribution in [3.05, 3.63) is 59.0 Å². The van der Waals surface area contributed by atoms with Gasteiger partial charge in [0.1, 0.15) is 12.3 Å². The lowest BCUT2D eigenvalue weighted by Gasteiger charge is -2.32. The van der Waals surface area contributed by atoms with Crippen LogP contribution in [0.25, 0.3) is 11.3 Å². The number of carbonyl (C=O) groups excluding carboxylic acids is 2. The molecule has 2 heterocycles. The second-order valence-electron chi connectivity index (χ2n) is 7.06. The van der Waals surface area contributed by atoms with Gasteiger partial charge in [-0.05, 0) is 44.5 Å². The van der Waals surface area contributed by atoms with Gasteiger partial charge in [-0.15, -0.1) is 11.3 Å². The lowest BCUT2D eigenvalue weighted by Crippen LogP contribution is -2.47. The van der Waals surface area contributed by atoms with Crippen molar-refractivity contribution in [1.82, 2.24) is 4.98 Å². The fraction of sp³-hybridized carbons (Fsp3) is 0.227. The number of anilines is 2. The van der Waals surface area contributed by atoms with Crippen LogP contribution in [0.15, 0.2) is 47.8 Å². The topological polar surface area (TPSA) is 71.5 Å². The summed E-state index contributed by atoms with van der Waals surface area (Å²) < 4.78 is 5.61. The number of para-hydroxylation sites is 2. The quantitative estimate of drug-likeness (QED) is 0.704. The van der Waals surface area contributed by atoms with Gasteiger partial charge in [0.2, 0.25) is 5.91 Å². The highest BCUT2D eigenvalue weighted by molar-refractivity contribution is 7.14. The lowest BCUT2D eigenvalue weighted by atomic mass is 10.0. The molecule has 0 fully saturated rings. The molecular formula is C22H21N3O3S. The highest BCUT2D eigenvalue weighted by Gasteiger charge is 2.32. The van der Waals surface area contributed by atoms with Crippen molar-refractivity contribution >= 4 is 34.0 Å². The van der Waals surface area contributed by atoms with Gasteiger partial charge in [0.25, 0.3) is 5.91 Å². The van der Waals surface area contributed by atoms with E-state index in [0.29, 0.717) is 16.6 Å². The number of fused-ring (bicyclic) bond motifs is 1. The van der Waals surface area contributed by atoms with Crippen LogP contribution in [0.1, 0.15) is 18.1 Å². The van der Waals surface area contributed by atoms with Crippen LogP contribution in [0.4, 0.5) is 10.8 Å². The number of amides is 2. The van der Waals surface area contributed by atoms with Gasteiger partial charge in [-0.3, -0.25) is 14.5 Å². The van der Waals surface area contributed by atoms with E-state index in [1.165, 1.54) is 16.2 Å². The van der Waals surface area contributed by atoms with Crippen LogP contribution in [0, 0.1) is 13.8 Å². The van der Waals surface area contributed by atoms with E-state index >= 15 is 0 Å². The fourth-order valence-electron chi connectivity index (χ4n) is 3.29. The Morgan fingerprint density at radius 3 is 2.86 bits per heavy atom. The molecule has 1 atom stereocenters. The Morgan fingerprint density at radius 2 is 2.03 bits per heavy atom. The molecule has 0 radical (unpaired) electrons. The molecule has 1 aliphatic heterocycles. The summed E-state index contributed by atoms with van der Waals surface area (Å²) in [5.74, 6) is 0.0528. The van der Waals surface area contributed by atoms with Gasteiger partial charge >= 0.3 is 0 Å². The molecule has 3 aromatic rings. The molecule has 4 rings (SSSR count). The zero-order valence-corrected chi connectivity index (χ0v) is 17.2. The van der Waals surface area contributed by atoms with Crippen LogP contribution in [-0.2, 0) is 9.59 Å². The summed E-state index contributed by atoms with van der Waals surface area (Å²) in [5, 5.41) is 5.25. The van der Waals surface area contributed by atoms with E-state index in [1.54, 1.807) is 19.1 Å². The van der Waals surface area contributed by atoms with E-state index in [1.807, 2.05) is 31.4 Å². The van der Waals surface area contributed by atoms with Crippen LogP contribution < -0.4 is 15.0 Å². The molecule has 1 aliphatic rings. The Balaban J connectivity index is 1.50. The van der Waals surface area contributed by atoms with Gasteiger partial charge in [0.05, 0.1) is 11.4 Å². The van der Waals surface area contributed by atoms with Crippen molar-refractivity contribution in [2.45, 2.75) is 26.9 Å². The standard InChI is InChI=1S/C22H21N3O3S/c1-13-8-9-14(2)16(10-13)17-12-29-22(23-17)24-20(26)11-25-18-6-4-5-7-19(18)28-15(3)21(25)27/h4-10,12,15H,11H2,1-3H3,(H,23,24,26). The summed E-state index contributed by atoms with van der Waals surface area (Å²) in [4.78, 5) is 31.2. The highest BCUT2D eigenvalue weighted by atomic mass is 32.1. The monoisotopic (exact) mass is 407 g/mol. The number of hydrogen-bond acceptors (Lipinski definition) is 5.